The third-order valence-electron chi connectivity index (χ3n) is 3.30. The second-order valence-electron chi connectivity index (χ2n) is 5.65. The zero-order valence-electron chi connectivity index (χ0n) is 13.3. The maximum Gasteiger partial charge on any atom is 0.257 e. The number of amides is 1. The van der Waals surface area contributed by atoms with Gasteiger partial charge in [0.1, 0.15) is 5.75 Å². The van der Waals surface area contributed by atoms with Crippen molar-refractivity contribution >= 4 is 5.91 Å². The molecule has 0 heterocycles. The van der Waals surface area contributed by atoms with E-state index in [1.54, 1.807) is 0 Å². The Morgan fingerprint density at radius 3 is 2.60 bits per heavy atom. The van der Waals surface area contributed by atoms with Crippen LogP contribution < -0.4 is 15.0 Å². The predicted molar refractivity (Wildman–Crippen MR) is 81.5 cm³/mol. The van der Waals surface area contributed by atoms with E-state index in [9.17, 15) is 4.79 Å². The molecule has 0 aliphatic heterocycles. The van der Waals surface area contributed by atoms with Crippen molar-refractivity contribution in [3.63, 3.8) is 0 Å². The normalized spacial score (nSPS) is 10.7. The van der Waals surface area contributed by atoms with Crippen LogP contribution >= 0.6 is 0 Å². The van der Waals surface area contributed by atoms with E-state index in [2.05, 4.69) is 32.4 Å². The second kappa shape index (κ2) is 7.90. The fraction of sp³-hybridized carbons (Fsp3) is 0.562. The number of hydrogen-bond donors (Lipinski definition) is 2. The van der Waals surface area contributed by atoms with Crippen molar-refractivity contribution in [2.75, 3.05) is 33.8 Å². The van der Waals surface area contributed by atoms with Gasteiger partial charge in [-0.05, 0) is 43.5 Å². The summed E-state index contributed by atoms with van der Waals surface area (Å²) in [7, 11) is 4.21. The van der Waals surface area contributed by atoms with Gasteiger partial charge < -0.3 is 15.0 Å². The number of hydrogen-bond acceptors (Lipinski definition) is 2. The van der Waals surface area contributed by atoms with E-state index in [1.165, 1.54) is 10.5 Å². The van der Waals surface area contributed by atoms with Gasteiger partial charge in [-0.2, -0.15) is 0 Å². The number of nitrogens with one attached hydrogen (secondary N) is 2. The lowest BCUT2D eigenvalue weighted by atomic mass is 10.1. The van der Waals surface area contributed by atoms with Crippen molar-refractivity contribution in [1.29, 1.82) is 0 Å². The topological polar surface area (TPSA) is 42.8 Å². The molecule has 0 unspecified atom stereocenters. The molecule has 4 nitrogen and oxygen atoms in total. The molecule has 0 radical (unpaired) electrons. The molecule has 20 heavy (non-hydrogen) atoms. The zero-order valence-corrected chi connectivity index (χ0v) is 13.3. The first-order valence-electron chi connectivity index (χ1n) is 7.16. The zero-order chi connectivity index (χ0) is 15.1. The molecule has 1 amide bonds. The molecular formula is C16H27N2O2+. The van der Waals surface area contributed by atoms with Crippen LogP contribution in [-0.4, -0.2) is 39.7 Å². The third kappa shape index (κ3) is 5.61. The number of ether oxygens (including phenoxy) is 1. The maximum atomic E-state index is 11.7. The highest BCUT2D eigenvalue weighted by Crippen LogP contribution is 2.23. The predicted octanol–water partition coefficient (Wildman–Crippen LogP) is 0.641. The lowest BCUT2D eigenvalue weighted by Gasteiger charge is -2.12. The molecule has 0 aromatic heterocycles. The average Bonchev–Trinajstić information content (AvgIpc) is 2.37. The summed E-state index contributed by atoms with van der Waals surface area (Å²) in [6.07, 6.45) is 0.983. The summed E-state index contributed by atoms with van der Waals surface area (Å²) < 4.78 is 5.62. The van der Waals surface area contributed by atoms with Gasteiger partial charge in [-0.15, -0.1) is 0 Å². The molecule has 0 bridgehead atoms. The summed E-state index contributed by atoms with van der Waals surface area (Å²) >= 11 is 0. The Balaban J connectivity index is 2.38. The lowest BCUT2D eigenvalue weighted by Crippen LogP contribution is -3.05. The minimum atomic E-state index is -0.0580. The molecular weight excluding hydrogens is 252 g/mol. The van der Waals surface area contributed by atoms with Crippen molar-refractivity contribution in [1.82, 2.24) is 5.32 Å². The van der Waals surface area contributed by atoms with E-state index in [0.717, 1.165) is 29.8 Å². The van der Waals surface area contributed by atoms with Crippen molar-refractivity contribution in [2.45, 2.75) is 27.2 Å². The van der Waals surface area contributed by atoms with Gasteiger partial charge in [-0.3, -0.25) is 4.79 Å². The molecule has 0 spiro atoms. The van der Waals surface area contributed by atoms with Gasteiger partial charge in [0.15, 0.2) is 6.61 Å². The van der Waals surface area contributed by atoms with E-state index in [0.29, 0.717) is 6.54 Å². The Hall–Kier alpha value is -1.55. The highest BCUT2D eigenvalue weighted by Gasteiger charge is 2.07. The largest absolute Gasteiger partial charge is 0.483 e. The molecule has 1 rings (SSSR count). The van der Waals surface area contributed by atoms with Crippen LogP contribution in [0, 0.1) is 20.8 Å². The van der Waals surface area contributed by atoms with E-state index >= 15 is 0 Å². The Kier molecular flexibility index (Phi) is 6.52. The Bertz CT molecular complexity index is 456. The second-order valence-corrected chi connectivity index (χ2v) is 5.65. The number of aryl methyl sites for hydroxylation is 2. The smallest absolute Gasteiger partial charge is 0.257 e. The molecule has 2 N–H and O–H groups in total. The first kappa shape index (κ1) is 16.5. The van der Waals surface area contributed by atoms with Gasteiger partial charge in [0.2, 0.25) is 0 Å². The van der Waals surface area contributed by atoms with Crippen LogP contribution in [0.3, 0.4) is 0 Å². The number of benzene rings is 1. The molecule has 0 saturated carbocycles. The number of carbonyl (C=O) groups excluding carboxylic acids is 1. The first-order chi connectivity index (χ1) is 9.40. The van der Waals surface area contributed by atoms with E-state index in [1.807, 2.05) is 19.9 Å². The summed E-state index contributed by atoms with van der Waals surface area (Å²) in [4.78, 5) is 13.1. The van der Waals surface area contributed by atoms with Gasteiger partial charge in [-0.1, -0.05) is 6.07 Å². The van der Waals surface area contributed by atoms with Crippen LogP contribution in [0.2, 0.25) is 0 Å². The standard InChI is InChI=1S/C16H26N2O2/c1-12-9-13(2)14(3)15(10-12)20-11-16(19)17-7-6-8-18(4)5/h9-10H,6-8,11H2,1-5H3,(H,17,19)/p+1. The molecule has 0 fully saturated rings. The number of carbonyl (C=O) groups is 1. The minimum absolute atomic E-state index is 0.0580. The Morgan fingerprint density at radius 2 is 1.95 bits per heavy atom. The van der Waals surface area contributed by atoms with Crippen molar-refractivity contribution in [3.05, 3.63) is 28.8 Å². The maximum absolute atomic E-state index is 11.7. The van der Waals surface area contributed by atoms with Crippen LogP contribution in [0.1, 0.15) is 23.1 Å². The van der Waals surface area contributed by atoms with Crippen LogP contribution in [0.5, 0.6) is 5.75 Å². The quantitative estimate of drug-likeness (QED) is 0.719. The van der Waals surface area contributed by atoms with Crippen LogP contribution in [0.15, 0.2) is 12.1 Å². The van der Waals surface area contributed by atoms with Gasteiger partial charge in [-0.25, -0.2) is 0 Å². The highest BCUT2D eigenvalue weighted by atomic mass is 16.5. The minimum Gasteiger partial charge on any atom is -0.483 e. The first-order valence-corrected chi connectivity index (χ1v) is 7.16. The highest BCUT2D eigenvalue weighted by molar-refractivity contribution is 5.77. The van der Waals surface area contributed by atoms with Gasteiger partial charge in [0.25, 0.3) is 5.91 Å². The molecule has 1 aromatic rings. The monoisotopic (exact) mass is 279 g/mol. The molecule has 4 heteroatoms. The van der Waals surface area contributed by atoms with Crippen molar-refractivity contribution in [2.24, 2.45) is 0 Å². The van der Waals surface area contributed by atoms with Gasteiger partial charge >= 0.3 is 0 Å². The van der Waals surface area contributed by atoms with E-state index in [-0.39, 0.29) is 12.5 Å². The van der Waals surface area contributed by atoms with E-state index in [4.69, 9.17) is 4.74 Å². The van der Waals surface area contributed by atoms with Crippen LogP contribution in [0.4, 0.5) is 0 Å². The number of rotatable bonds is 7. The molecule has 0 aliphatic rings. The summed E-state index contributed by atoms with van der Waals surface area (Å²) in [6, 6.07) is 4.09. The Morgan fingerprint density at radius 1 is 1.25 bits per heavy atom. The fourth-order valence-electron chi connectivity index (χ4n) is 2.01. The molecule has 1 aromatic carbocycles. The third-order valence-corrected chi connectivity index (χ3v) is 3.30. The molecule has 0 saturated heterocycles. The van der Waals surface area contributed by atoms with Crippen LogP contribution in [0.25, 0.3) is 0 Å². The molecule has 112 valence electrons. The summed E-state index contributed by atoms with van der Waals surface area (Å²) in [5, 5.41) is 2.88. The summed E-state index contributed by atoms with van der Waals surface area (Å²) in [5.41, 5.74) is 3.44. The Labute approximate surface area is 122 Å². The van der Waals surface area contributed by atoms with Gasteiger partial charge in [0.05, 0.1) is 20.6 Å². The summed E-state index contributed by atoms with van der Waals surface area (Å²) in [5.74, 6) is 0.743. The van der Waals surface area contributed by atoms with Gasteiger partial charge in [0, 0.05) is 13.0 Å². The SMILES string of the molecule is Cc1cc(C)c(C)c(OCC(=O)NCCC[NH+](C)C)c1. The lowest BCUT2D eigenvalue weighted by molar-refractivity contribution is -0.858. The molecule has 0 aliphatic carbocycles. The fourth-order valence-corrected chi connectivity index (χ4v) is 2.01. The van der Waals surface area contributed by atoms with Crippen LogP contribution in [-0.2, 0) is 4.79 Å². The van der Waals surface area contributed by atoms with Crippen molar-refractivity contribution < 1.29 is 14.4 Å². The van der Waals surface area contributed by atoms with E-state index < -0.39 is 0 Å². The van der Waals surface area contributed by atoms with Crippen molar-refractivity contribution in [3.8, 4) is 5.75 Å². The molecule has 0 atom stereocenters. The summed E-state index contributed by atoms with van der Waals surface area (Å²) in [6.45, 7) is 7.94. The number of quaternary nitrogens is 1. The average molecular weight is 279 g/mol.